The maximum atomic E-state index is 12.6. The van der Waals surface area contributed by atoms with Gasteiger partial charge in [-0.1, -0.05) is 24.8 Å². The molecule has 0 saturated carbocycles. The molecule has 2 aliphatic heterocycles. The van der Waals surface area contributed by atoms with Crippen molar-refractivity contribution >= 4 is 40.0 Å². The molecule has 0 N–H and O–H groups in total. The van der Waals surface area contributed by atoms with Gasteiger partial charge in [0.15, 0.2) is 0 Å². The number of imidazole rings is 1. The van der Waals surface area contributed by atoms with Gasteiger partial charge in [0.1, 0.15) is 5.92 Å². The van der Waals surface area contributed by atoms with E-state index in [2.05, 4.69) is 16.9 Å². The van der Waals surface area contributed by atoms with Crippen molar-refractivity contribution < 1.29 is 4.79 Å². The molecule has 116 valence electrons. The molecule has 1 amide bonds. The number of rotatable bonds is 5. The minimum Gasteiger partial charge on any atom is -0.337 e. The smallest absolute Gasteiger partial charge is 0.242 e. The fraction of sp³-hybridized carbons (Fsp3) is 0.467. The molecule has 1 aromatic heterocycles. The molecular formula is C15H18N4OS2. The van der Waals surface area contributed by atoms with Gasteiger partial charge in [0.05, 0.1) is 17.1 Å². The number of hydrogen-bond donors (Lipinski definition) is 0. The fourth-order valence-electron chi connectivity index (χ4n) is 2.58. The second-order valence-electron chi connectivity index (χ2n) is 5.40. The van der Waals surface area contributed by atoms with Crippen molar-refractivity contribution in [2.24, 2.45) is 10.9 Å². The first kappa shape index (κ1) is 15.4. The first-order valence-corrected chi connectivity index (χ1v) is 8.62. The standard InChI is InChI=1S/C15H18N4OS2/c1-3-11-7-12-13(22-11)17-15(21)19(14(12)20)6-4-5-18-8-10(2)16-9-18/h7-9,12H,3-6H2,1-2H3. The fourth-order valence-corrected chi connectivity index (χ4v) is 3.96. The van der Waals surface area contributed by atoms with E-state index in [9.17, 15) is 4.79 Å². The summed E-state index contributed by atoms with van der Waals surface area (Å²) in [4.78, 5) is 24.1. The van der Waals surface area contributed by atoms with Gasteiger partial charge in [0, 0.05) is 19.3 Å². The van der Waals surface area contributed by atoms with Crippen molar-refractivity contribution in [3.63, 3.8) is 0 Å². The van der Waals surface area contributed by atoms with Crippen molar-refractivity contribution in [3.05, 3.63) is 29.2 Å². The topological polar surface area (TPSA) is 50.5 Å². The number of allylic oxidation sites excluding steroid dienone is 1. The molecule has 0 saturated heterocycles. The van der Waals surface area contributed by atoms with Crippen LogP contribution < -0.4 is 0 Å². The van der Waals surface area contributed by atoms with E-state index in [-0.39, 0.29) is 11.8 Å². The Labute approximate surface area is 139 Å². The number of aliphatic imine (C=N–C) groups is 1. The van der Waals surface area contributed by atoms with Crippen LogP contribution in [0.3, 0.4) is 0 Å². The highest BCUT2D eigenvalue weighted by Crippen LogP contribution is 2.37. The average molecular weight is 334 g/mol. The zero-order chi connectivity index (χ0) is 15.7. The molecule has 0 spiro atoms. The van der Waals surface area contributed by atoms with E-state index < -0.39 is 0 Å². The number of thiocarbonyl (C=S) groups is 1. The summed E-state index contributed by atoms with van der Waals surface area (Å²) < 4.78 is 2.03. The molecule has 0 fully saturated rings. The molecular weight excluding hydrogens is 316 g/mol. The Balaban J connectivity index is 1.63. The maximum Gasteiger partial charge on any atom is 0.242 e. The average Bonchev–Trinajstić information content (AvgIpc) is 3.08. The van der Waals surface area contributed by atoms with Gasteiger partial charge in [-0.2, -0.15) is 0 Å². The minimum absolute atomic E-state index is 0.0627. The third-order valence-electron chi connectivity index (χ3n) is 3.73. The number of carbonyl (C=O) groups excluding carboxylic acids is 1. The van der Waals surface area contributed by atoms with E-state index >= 15 is 0 Å². The van der Waals surface area contributed by atoms with E-state index in [1.807, 2.05) is 30.1 Å². The highest BCUT2D eigenvalue weighted by Gasteiger charge is 2.38. The van der Waals surface area contributed by atoms with E-state index in [0.29, 0.717) is 11.7 Å². The highest BCUT2D eigenvalue weighted by atomic mass is 32.2. The van der Waals surface area contributed by atoms with Crippen molar-refractivity contribution in [1.82, 2.24) is 14.5 Å². The summed E-state index contributed by atoms with van der Waals surface area (Å²) in [6.07, 6.45) is 7.60. The van der Waals surface area contributed by atoms with E-state index in [1.165, 1.54) is 4.91 Å². The Morgan fingerprint density at radius 1 is 1.41 bits per heavy atom. The van der Waals surface area contributed by atoms with Gasteiger partial charge >= 0.3 is 0 Å². The van der Waals surface area contributed by atoms with E-state index in [0.717, 1.165) is 30.1 Å². The normalized spacial score (nSPS) is 21.0. The second-order valence-corrected chi connectivity index (χ2v) is 6.91. The molecule has 0 aromatic carbocycles. The number of aromatic nitrogens is 2. The number of hydrogen-bond acceptors (Lipinski definition) is 4. The molecule has 3 rings (SSSR count). The Kier molecular flexibility index (Phi) is 4.44. The Hall–Kier alpha value is -1.47. The van der Waals surface area contributed by atoms with Crippen LogP contribution in [-0.2, 0) is 11.3 Å². The lowest BCUT2D eigenvalue weighted by Gasteiger charge is -2.27. The zero-order valence-corrected chi connectivity index (χ0v) is 14.3. The van der Waals surface area contributed by atoms with Crippen molar-refractivity contribution in [1.29, 1.82) is 0 Å². The molecule has 0 radical (unpaired) electrons. The van der Waals surface area contributed by atoms with Gasteiger partial charge in [0.2, 0.25) is 11.0 Å². The second kappa shape index (κ2) is 6.34. The van der Waals surface area contributed by atoms with Gasteiger partial charge in [-0.3, -0.25) is 9.69 Å². The first-order chi connectivity index (χ1) is 10.6. The lowest BCUT2D eigenvalue weighted by atomic mass is 10.1. The van der Waals surface area contributed by atoms with Crippen LogP contribution in [0, 0.1) is 12.8 Å². The minimum atomic E-state index is -0.220. The molecule has 3 heterocycles. The molecule has 5 nitrogen and oxygen atoms in total. The number of fused-ring (bicyclic) bond motifs is 1. The van der Waals surface area contributed by atoms with Crippen LogP contribution in [0.15, 0.2) is 28.5 Å². The highest BCUT2D eigenvalue weighted by molar-refractivity contribution is 8.17. The summed E-state index contributed by atoms with van der Waals surface area (Å²) in [6, 6.07) is 0. The number of amides is 1. The predicted molar refractivity (Wildman–Crippen MR) is 92.8 cm³/mol. The number of nitrogens with zero attached hydrogens (tertiary/aromatic N) is 4. The van der Waals surface area contributed by atoms with Crippen LogP contribution in [0.25, 0.3) is 0 Å². The van der Waals surface area contributed by atoms with Crippen LogP contribution in [0.4, 0.5) is 0 Å². The van der Waals surface area contributed by atoms with Crippen LogP contribution in [0.2, 0.25) is 0 Å². The summed E-state index contributed by atoms with van der Waals surface area (Å²) in [5, 5.41) is 1.24. The zero-order valence-electron chi connectivity index (χ0n) is 12.7. The third kappa shape index (κ3) is 3.01. The monoisotopic (exact) mass is 334 g/mol. The molecule has 0 bridgehead atoms. The lowest BCUT2D eigenvalue weighted by Crippen LogP contribution is -2.44. The quantitative estimate of drug-likeness (QED) is 0.777. The molecule has 1 atom stereocenters. The molecule has 22 heavy (non-hydrogen) atoms. The summed E-state index contributed by atoms with van der Waals surface area (Å²) in [5.74, 6) is -0.157. The SMILES string of the molecule is CCC1=CC2C(=O)N(CCCn3cnc(C)c3)C(=S)N=C2S1. The summed E-state index contributed by atoms with van der Waals surface area (Å²) >= 11 is 6.89. The van der Waals surface area contributed by atoms with Gasteiger partial charge < -0.3 is 4.57 Å². The van der Waals surface area contributed by atoms with Crippen molar-refractivity contribution in [3.8, 4) is 0 Å². The van der Waals surface area contributed by atoms with Crippen LogP contribution in [0.1, 0.15) is 25.5 Å². The van der Waals surface area contributed by atoms with Crippen molar-refractivity contribution in [2.75, 3.05) is 6.54 Å². The molecule has 0 aliphatic carbocycles. The summed E-state index contributed by atoms with van der Waals surface area (Å²) in [6.45, 7) is 5.47. The molecule has 2 aliphatic rings. The van der Waals surface area contributed by atoms with Crippen molar-refractivity contribution in [2.45, 2.75) is 33.2 Å². The molecule has 7 heteroatoms. The number of carbonyl (C=O) groups is 1. The Bertz CT molecular complexity index is 677. The lowest BCUT2D eigenvalue weighted by molar-refractivity contribution is -0.128. The predicted octanol–water partition coefficient (Wildman–Crippen LogP) is 2.76. The summed E-state index contributed by atoms with van der Waals surface area (Å²) in [7, 11) is 0. The van der Waals surface area contributed by atoms with Gasteiger partial charge in [-0.05, 0) is 36.9 Å². The van der Waals surface area contributed by atoms with E-state index in [1.54, 1.807) is 16.7 Å². The molecule has 1 unspecified atom stereocenters. The Morgan fingerprint density at radius 3 is 2.91 bits per heavy atom. The Morgan fingerprint density at radius 2 is 2.23 bits per heavy atom. The maximum absolute atomic E-state index is 12.6. The van der Waals surface area contributed by atoms with Gasteiger partial charge in [-0.15, -0.1) is 0 Å². The van der Waals surface area contributed by atoms with Crippen LogP contribution in [0.5, 0.6) is 0 Å². The van der Waals surface area contributed by atoms with Gasteiger partial charge in [-0.25, -0.2) is 9.98 Å². The van der Waals surface area contributed by atoms with Crippen LogP contribution >= 0.6 is 24.0 Å². The third-order valence-corrected chi connectivity index (χ3v) is 5.28. The first-order valence-electron chi connectivity index (χ1n) is 7.39. The largest absolute Gasteiger partial charge is 0.337 e. The molecule has 1 aromatic rings. The van der Waals surface area contributed by atoms with Gasteiger partial charge in [0.25, 0.3) is 0 Å². The number of aryl methyl sites for hydroxylation is 2. The van der Waals surface area contributed by atoms with E-state index in [4.69, 9.17) is 12.2 Å². The van der Waals surface area contributed by atoms with Crippen LogP contribution in [-0.4, -0.2) is 37.1 Å². The summed E-state index contributed by atoms with van der Waals surface area (Å²) in [5.41, 5.74) is 0.999. The number of thioether (sulfide) groups is 1.